The number of amides is 1. The van der Waals surface area contributed by atoms with E-state index in [2.05, 4.69) is 11.9 Å². The van der Waals surface area contributed by atoms with E-state index in [4.69, 9.17) is 4.74 Å². The van der Waals surface area contributed by atoms with Gasteiger partial charge in [-0.1, -0.05) is 66.7 Å². The Labute approximate surface area is 187 Å². The van der Waals surface area contributed by atoms with Crippen molar-refractivity contribution in [2.45, 2.75) is 0 Å². The normalized spacial score (nSPS) is 14.5. The fourth-order valence-electron chi connectivity index (χ4n) is 3.76. The molecule has 32 heavy (non-hydrogen) atoms. The van der Waals surface area contributed by atoms with Crippen molar-refractivity contribution in [3.63, 3.8) is 0 Å². The Morgan fingerprint density at radius 1 is 1.00 bits per heavy atom. The number of anilines is 2. The topological polar surface area (TPSA) is 75.7 Å². The number of fused-ring (bicyclic) bond motifs is 1. The second-order valence-electron chi connectivity index (χ2n) is 7.07. The number of hydrogen-bond donors (Lipinski definition) is 1. The van der Waals surface area contributed by atoms with Crippen LogP contribution in [0.3, 0.4) is 0 Å². The summed E-state index contributed by atoms with van der Waals surface area (Å²) in [5.74, 6) is -0.309. The van der Waals surface area contributed by atoms with Crippen molar-refractivity contribution in [3.8, 4) is 5.75 Å². The van der Waals surface area contributed by atoms with Gasteiger partial charge < -0.3 is 10.1 Å². The quantitative estimate of drug-likeness (QED) is 0.569. The van der Waals surface area contributed by atoms with Gasteiger partial charge in [0.1, 0.15) is 5.75 Å². The number of para-hydroxylation sites is 3. The molecule has 0 aliphatic carbocycles. The Hall–Kier alpha value is -3.84. The summed E-state index contributed by atoms with van der Waals surface area (Å²) in [5, 5.41) is 2.73. The van der Waals surface area contributed by atoms with Crippen LogP contribution in [0.15, 0.2) is 96.4 Å². The lowest BCUT2D eigenvalue weighted by Gasteiger charge is -2.32. The molecule has 4 rings (SSSR count). The smallest absolute Gasteiger partial charge is 0.270 e. The van der Waals surface area contributed by atoms with Crippen LogP contribution in [0.2, 0.25) is 0 Å². The number of nitrogens with one attached hydrogen (secondary N) is 1. The van der Waals surface area contributed by atoms with Gasteiger partial charge in [0.25, 0.3) is 15.9 Å². The SMILES string of the molecule is C=CCN1c2ccccc2C(c2ccccc2)=C(C(=O)Nc2ccccc2OC)S1(=O)=O. The number of benzene rings is 3. The van der Waals surface area contributed by atoms with Crippen LogP contribution in [0.1, 0.15) is 11.1 Å². The highest BCUT2D eigenvalue weighted by molar-refractivity contribution is 7.97. The first-order chi connectivity index (χ1) is 15.5. The molecule has 1 aliphatic rings. The molecule has 0 saturated heterocycles. The van der Waals surface area contributed by atoms with Gasteiger partial charge in [-0.25, -0.2) is 8.42 Å². The molecule has 7 heteroatoms. The number of carbonyl (C=O) groups is 1. The molecule has 3 aromatic carbocycles. The summed E-state index contributed by atoms with van der Waals surface area (Å²) in [6.45, 7) is 3.73. The second-order valence-corrected chi connectivity index (χ2v) is 8.87. The van der Waals surface area contributed by atoms with E-state index >= 15 is 0 Å². The van der Waals surface area contributed by atoms with E-state index in [0.29, 0.717) is 33.8 Å². The number of rotatable bonds is 6. The zero-order valence-electron chi connectivity index (χ0n) is 17.5. The second kappa shape index (κ2) is 8.72. The van der Waals surface area contributed by atoms with Crippen molar-refractivity contribution in [2.24, 2.45) is 0 Å². The summed E-state index contributed by atoms with van der Waals surface area (Å²) in [6.07, 6.45) is 1.50. The highest BCUT2D eigenvalue weighted by Gasteiger charge is 2.41. The fraction of sp³-hybridized carbons (Fsp3) is 0.0800. The van der Waals surface area contributed by atoms with Gasteiger partial charge in [0.2, 0.25) is 0 Å². The van der Waals surface area contributed by atoms with Crippen LogP contribution in [0.5, 0.6) is 5.75 Å². The van der Waals surface area contributed by atoms with Gasteiger partial charge in [0.15, 0.2) is 4.91 Å². The van der Waals surface area contributed by atoms with Crippen molar-refractivity contribution in [3.05, 3.63) is 108 Å². The lowest BCUT2D eigenvalue weighted by atomic mass is 9.95. The summed E-state index contributed by atoms with van der Waals surface area (Å²) in [5.41, 5.74) is 2.52. The average Bonchev–Trinajstić information content (AvgIpc) is 2.81. The van der Waals surface area contributed by atoms with Crippen molar-refractivity contribution in [2.75, 3.05) is 23.3 Å². The van der Waals surface area contributed by atoms with Crippen LogP contribution in [0, 0.1) is 0 Å². The van der Waals surface area contributed by atoms with Crippen LogP contribution >= 0.6 is 0 Å². The standard InChI is InChI=1S/C25H22N2O4S/c1-3-17-27-21-15-9-7-13-19(21)23(18-11-5-4-6-12-18)24(32(27,29)30)25(28)26-20-14-8-10-16-22(20)31-2/h3-16H,1,17H2,2H3,(H,26,28). The van der Waals surface area contributed by atoms with Gasteiger partial charge >= 0.3 is 0 Å². The maximum Gasteiger partial charge on any atom is 0.270 e. The number of hydrogen-bond acceptors (Lipinski definition) is 4. The molecule has 6 nitrogen and oxygen atoms in total. The molecule has 1 amide bonds. The highest BCUT2D eigenvalue weighted by atomic mass is 32.2. The van der Waals surface area contributed by atoms with Crippen LogP contribution in [0.4, 0.5) is 11.4 Å². The molecular weight excluding hydrogens is 424 g/mol. The number of methoxy groups -OCH3 is 1. The average molecular weight is 447 g/mol. The number of carbonyl (C=O) groups excluding carboxylic acids is 1. The Balaban J connectivity index is 1.98. The summed E-state index contributed by atoms with van der Waals surface area (Å²) in [7, 11) is -2.70. The molecule has 162 valence electrons. The fourth-order valence-corrected chi connectivity index (χ4v) is 5.47. The van der Waals surface area contributed by atoms with E-state index in [1.807, 2.05) is 30.3 Å². The molecule has 0 aromatic heterocycles. The van der Waals surface area contributed by atoms with Gasteiger partial charge in [0, 0.05) is 11.1 Å². The molecule has 1 aliphatic heterocycles. The van der Waals surface area contributed by atoms with E-state index in [-0.39, 0.29) is 11.4 Å². The van der Waals surface area contributed by atoms with Gasteiger partial charge in [-0.05, 0) is 23.8 Å². The number of sulfonamides is 1. The molecule has 0 radical (unpaired) electrons. The third kappa shape index (κ3) is 3.67. The van der Waals surface area contributed by atoms with E-state index in [9.17, 15) is 13.2 Å². The summed E-state index contributed by atoms with van der Waals surface area (Å²) in [4.78, 5) is 13.2. The van der Waals surface area contributed by atoms with Crippen molar-refractivity contribution < 1.29 is 17.9 Å². The summed E-state index contributed by atoms with van der Waals surface area (Å²) >= 11 is 0. The van der Waals surface area contributed by atoms with E-state index in [1.165, 1.54) is 17.5 Å². The Morgan fingerprint density at radius 3 is 2.38 bits per heavy atom. The largest absolute Gasteiger partial charge is 0.495 e. The first-order valence-corrected chi connectivity index (χ1v) is 11.4. The van der Waals surface area contributed by atoms with E-state index in [1.54, 1.807) is 48.5 Å². The number of ether oxygens (including phenoxy) is 1. The number of nitrogens with zero attached hydrogens (tertiary/aromatic N) is 1. The Kier molecular flexibility index (Phi) is 5.83. The third-order valence-electron chi connectivity index (χ3n) is 5.14. The molecule has 1 heterocycles. The van der Waals surface area contributed by atoms with Gasteiger partial charge in [0.05, 0.1) is 25.0 Å². The minimum Gasteiger partial charge on any atom is -0.495 e. The molecule has 0 unspecified atom stereocenters. The molecule has 0 atom stereocenters. The first kappa shape index (κ1) is 21.4. The monoisotopic (exact) mass is 446 g/mol. The Bertz CT molecular complexity index is 1310. The molecular formula is C25H22N2O4S. The van der Waals surface area contributed by atoms with Crippen molar-refractivity contribution in [1.82, 2.24) is 0 Å². The predicted octanol–water partition coefficient (Wildman–Crippen LogP) is 4.43. The first-order valence-electron chi connectivity index (χ1n) is 9.96. The molecule has 3 aromatic rings. The predicted molar refractivity (Wildman–Crippen MR) is 127 cm³/mol. The van der Waals surface area contributed by atoms with Crippen LogP contribution in [-0.2, 0) is 14.8 Å². The van der Waals surface area contributed by atoms with Gasteiger partial charge in [-0.2, -0.15) is 0 Å². The molecule has 0 bridgehead atoms. The van der Waals surface area contributed by atoms with E-state index < -0.39 is 15.9 Å². The summed E-state index contributed by atoms with van der Waals surface area (Å²) < 4.78 is 34.0. The van der Waals surface area contributed by atoms with Crippen molar-refractivity contribution >= 4 is 32.9 Å². The van der Waals surface area contributed by atoms with Crippen LogP contribution < -0.4 is 14.4 Å². The minimum atomic E-state index is -4.19. The van der Waals surface area contributed by atoms with E-state index in [0.717, 1.165) is 0 Å². The lowest BCUT2D eigenvalue weighted by molar-refractivity contribution is -0.112. The molecule has 1 N–H and O–H groups in total. The molecule has 0 fully saturated rings. The van der Waals surface area contributed by atoms with Crippen molar-refractivity contribution in [1.29, 1.82) is 0 Å². The maximum absolute atomic E-state index is 13.8. The van der Waals surface area contributed by atoms with Crippen LogP contribution in [0.25, 0.3) is 5.57 Å². The molecule has 0 saturated carbocycles. The Morgan fingerprint density at radius 2 is 1.66 bits per heavy atom. The zero-order chi connectivity index (χ0) is 22.7. The summed E-state index contributed by atoms with van der Waals surface area (Å²) in [6, 6.07) is 23.0. The lowest BCUT2D eigenvalue weighted by Crippen LogP contribution is -2.39. The van der Waals surface area contributed by atoms with Crippen LogP contribution in [-0.4, -0.2) is 28.0 Å². The minimum absolute atomic E-state index is 0.0346. The highest BCUT2D eigenvalue weighted by Crippen LogP contribution is 2.43. The third-order valence-corrected chi connectivity index (χ3v) is 6.97. The maximum atomic E-state index is 13.8. The molecule has 0 spiro atoms. The van der Waals surface area contributed by atoms with Gasteiger partial charge in [-0.15, -0.1) is 6.58 Å². The zero-order valence-corrected chi connectivity index (χ0v) is 18.3. The van der Waals surface area contributed by atoms with Gasteiger partial charge in [-0.3, -0.25) is 9.10 Å².